The van der Waals surface area contributed by atoms with E-state index < -0.39 is 15.9 Å². The van der Waals surface area contributed by atoms with Gasteiger partial charge in [-0.15, -0.1) is 0 Å². The second kappa shape index (κ2) is 12.7. The lowest BCUT2D eigenvalue weighted by molar-refractivity contribution is 0.0954. The Kier molecular flexibility index (Phi) is 9.71. The van der Waals surface area contributed by atoms with Gasteiger partial charge in [0.25, 0.3) is 5.91 Å². The Labute approximate surface area is 228 Å². The number of amides is 1. The van der Waals surface area contributed by atoms with Gasteiger partial charge in [0.05, 0.1) is 52.5 Å². The number of methoxy groups -OCH3 is 4. The topological polar surface area (TPSA) is 103 Å². The number of carbonyl (C=O) groups excluding carboxylic acids is 1. The predicted octanol–water partition coefficient (Wildman–Crippen LogP) is 4.31. The standard InChI is InChI=1S/C27H31ClN2O7S/c1-34-23-11-8-18(14-24(23)35-2)12-13-29-27(31)21-15-25(36-3)26(37-4)16-22(21)30(38(5,32)33)17-19-6-9-20(28)10-7-19/h6-11,14-16H,12-13,17H2,1-5H3,(H,29,31). The molecular weight excluding hydrogens is 532 g/mol. The van der Waals surface area contributed by atoms with Gasteiger partial charge in [-0.3, -0.25) is 9.10 Å². The van der Waals surface area contributed by atoms with E-state index in [9.17, 15) is 13.2 Å². The van der Waals surface area contributed by atoms with Gasteiger partial charge >= 0.3 is 0 Å². The number of hydrogen-bond acceptors (Lipinski definition) is 7. The first-order valence-corrected chi connectivity index (χ1v) is 13.8. The Balaban J connectivity index is 1.93. The van der Waals surface area contributed by atoms with Crippen LogP contribution in [0.1, 0.15) is 21.5 Å². The highest BCUT2D eigenvalue weighted by Gasteiger charge is 2.26. The van der Waals surface area contributed by atoms with Gasteiger partial charge in [-0.25, -0.2) is 8.42 Å². The Hall–Kier alpha value is -3.63. The summed E-state index contributed by atoms with van der Waals surface area (Å²) in [6.45, 7) is 0.273. The van der Waals surface area contributed by atoms with Gasteiger partial charge in [-0.05, 0) is 47.9 Å². The highest BCUT2D eigenvalue weighted by atomic mass is 35.5. The van der Waals surface area contributed by atoms with Crippen LogP contribution in [0.15, 0.2) is 54.6 Å². The fourth-order valence-corrected chi connectivity index (χ4v) is 4.86. The molecule has 0 radical (unpaired) electrons. The van der Waals surface area contributed by atoms with Gasteiger partial charge in [0.1, 0.15) is 0 Å². The van der Waals surface area contributed by atoms with E-state index in [4.69, 9.17) is 30.5 Å². The number of nitrogens with one attached hydrogen (secondary N) is 1. The lowest BCUT2D eigenvalue weighted by Crippen LogP contribution is -2.33. The summed E-state index contributed by atoms with van der Waals surface area (Å²) in [4.78, 5) is 13.4. The first-order chi connectivity index (χ1) is 18.1. The van der Waals surface area contributed by atoms with Gasteiger partial charge in [0.15, 0.2) is 23.0 Å². The van der Waals surface area contributed by atoms with E-state index in [1.54, 1.807) is 44.6 Å². The van der Waals surface area contributed by atoms with Gasteiger partial charge < -0.3 is 24.3 Å². The molecule has 3 aromatic rings. The zero-order valence-electron chi connectivity index (χ0n) is 21.9. The normalized spacial score (nSPS) is 11.0. The number of nitrogens with zero attached hydrogens (tertiary/aromatic N) is 1. The molecule has 0 aliphatic heterocycles. The molecule has 9 nitrogen and oxygen atoms in total. The van der Waals surface area contributed by atoms with Crippen molar-refractivity contribution < 1.29 is 32.2 Å². The van der Waals surface area contributed by atoms with Crippen molar-refractivity contribution in [1.29, 1.82) is 0 Å². The van der Waals surface area contributed by atoms with E-state index in [0.717, 1.165) is 16.1 Å². The van der Waals surface area contributed by atoms with Crippen molar-refractivity contribution in [1.82, 2.24) is 5.32 Å². The highest BCUT2D eigenvalue weighted by Crippen LogP contribution is 2.37. The molecule has 0 heterocycles. The molecule has 3 rings (SSSR count). The minimum absolute atomic E-state index is 0.0165. The number of hydrogen-bond donors (Lipinski definition) is 1. The summed E-state index contributed by atoms with van der Waals surface area (Å²) >= 11 is 5.99. The predicted molar refractivity (Wildman–Crippen MR) is 148 cm³/mol. The van der Waals surface area contributed by atoms with Crippen molar-refractivity contribution >= 4 is 33.2 Å². The summed E-state index contributed by atoms with van der Waals surface area (Å²) < 4.78 is 48.4. The quantitative estimate of drug-likeness (QED) is 0.351. The maximum Gasteiger partial charge on any atom is 0.253 e. The first-order valence-electron chi connectivity index (χ1n) is 11.6. The highest BCUT2D eigenvalue weighted by molar-refractivity contribution is 7.92. The number of halogens is 1. The van der Waals surface area contributed by atoms with Crippen LogP contribution in [0, 0.1) is 0 Å². The molecule has 0 unspecified atom stereocenters. The van der Waals surface area contributed by atoms with E-state index in [2.05, 4.69) is 5.32 Å². The third-order valence-electron chi connectivity index (χ3n) is 5.80. The monoisotopic (exact) mass is 562 g/mol. The molecule has 38 heavy (non-hydrogen) atoms. The third kappa shape index (κ3) is 7.02. The molecule has 11 heteroatoms. The fourth-order valence-electron chi connectivity index (χ4n) is 3.84. The Bertz CT molecular complexity index is 1380. The van der Waals surface area contributed by atoms with Gasteiger partial charge in [-0.1, -0.05) is 29.8 Å². The molecule has 0 bridgehead atoms. The van der Waals surface area contributed by atoms with Crippen LogP contribution in [0.3, 0.4) is 0 Å². The maximum atomic E-state index is 13.4. The third-order valence-corrected chi connectivity index (χ3v) is 7.18. The molecule has 1 N–H and O–H groups in total. The summed E-state index contributed by atoms with van der Waals surface area (Å²) in [6, 6.07) is 15.3. The second-order valence-corrected chi connectivity index (χ2v) is 10.7. The van der Waals surface area contributed by atoms with Gasteiger partial charge in [-0.2, -0.15) is 0 Å². The number of ether oxygens (including phenoxy) is 4. The van der Waals surface area contributed by atoms with Crippen molar-refractivity contribution in [3.05, 3.63) is 76.3 Å². The molecule has 204 valence electrons. The lowest BCUT2D eigenvalue weighted by Gasteiger charge is -2.26. The van der Waals surface area contributed by atoms with Crippen LogP contribution in [0.4, 0.5) is 5.69 Å². The smallest absolute Gasteiger partial charge is 0.253 e. The second-order valence-electron chi connectivity index (χ2n) is 8.32. The van der Waals surface area contributed by atoms with Crippen molar-refractivity contribution in [2.24, 2.45) is 0 Å². The first kappa shape index (κ1) is 28.9. The fraction of sp³-hybridized carbons (Fsp3) is 0.296. The van der Waals surface area contributed by atoms with E-state index >= 15 is 0 Å². The Morgan fingerprint density at radius 2 is 1.37 bits per heavy atom. The number of benzene rings is 3. The van der Waals surface area contributed by atoms with E-state index in [0.29, 0.717) is 34.3 Å². The van der Waals surface area contributed by atoms with Crippen molar-refractivity contribution in [2.45, 2.75) is 13.0 Å². The van der Waals surface area contributed by atoms with Crippen molar-refractivity contribution in [3.8, 4) is 23.0 Å². The zero-order chi connectivity index (χ0) is 27.9. The van der Waals surface area contributed by atoms with Crippen molar-refractivity contribution in [3.63, 3.8) is 0 Å². The lowest BCUT2D eigenvalue weighted by atomic mass is 10.1. The summed E-state index contributed by atoms with van der Waals surface area (Å²) in [5, 5.41) is 3.40. The summed E-state index contributed by atoms with van der Waals surface area (Å²) in [7, 11) is 2.19. The largest absolute Gasteiger partial charge is 0.493 e. The molecule has 3 aromatic carbocycles. The molecule has 0 atom stereocenters. The van der Waals surface area contributed by atoms with Crippen LogP contribution in [-0.4, -0.2) is 55.6 Å². The summed E-state index contributed by atoms with van der Waals surface area (Å²) in [5.41, 5.74) is 1.89. The van der Waals surface area contributed by atoms with Crippen LogP contribution < -0.4 is 28.6 Å². The van der Waals surface area contributed by atoms with E-state index in [1.165, 1.54) is 26.4 Å². The number of anilines is 1. The molecule has 0 aromatic heterocycles. The molecular formula is C27H31ClN2O7S. The minimum atomic E-state index is -3.81. The van der Waals surface area contributed by atoms with Crippen LogP contribution in [0.2, 0.25) is 5.02 Å². The molecule has 0 saturated carbocycles. The van der Waals surface area contributed by atoms with Crippen LogP contribution in [0.25, 0.3) is 0 Å². The molecule has 0 aliphatic rings. The molecule has 0 fully saturated rings. The Morgan fingerprint density at radius 3 is 1.95 bits per heavy atom. The zero-order valence-corrected chi connectivity index (χ0v) is 23.5. The van der Waals surface area contributed by atoms with Crippen molar-refractivity contribution in [2.75, 3.05) is 45.5 Å². The van der Waals surface area contributed by atoms with Crippen LogP contribution in [0.5, 0.6) is 23.0 Å². The van der Waals surface area contributed by atoms with E-state index in [-0.39, 0.29) is 30.1 Å². The summed E-state index contributed by atoms with van der Waals surface area (Å²) in [5.74, 6) is 1.31. The van der Waals surface area contributed by atoms with Crippen LogP contribution in [-0.2, 0) is 23.0 Å². The van der Waals surface area contributed by atoms with Crippen LogP contribution >= 0.6 is 11.6 Å². The average Bonchev–Trinajstić information content (AvgIpc) is 2.91. The Morgan fingerprint density at radius 1 is 0.816 bits per heavy atom. The molecule has 0 spiro atoms. The molecule has 0 aliphatic carbocycles. The van der Waals surface area contributed by atoms with Gasteiger partial charge in [0, 0.05) is 17.6 Å². The summed E-state index contributed by atoms with van der Waals surface area (Å²) in [6.07, 6.45) is 1.59. The van der Waals surface area contributed by atoms with Gasteiger partial charge in [0.2, 0.25) is 10.0 Å². The SMILES string of the molecule is COc1ccc(CCNC(=O)c2cc(OC)c(OC)cc2N(Cc2ccc(Cl)cc2)S(C)(=O)=O)cc1OC. The average molecular weight is 563 g/mol. The number of carbonyl (C=O) groups is 1. The molecule has 0 saturated heterocycles. The maximum absolute atomic E-state index is 13.4. The minimum Gasteiger partial charge on any atom is -0.493 e. The molecule has 1 amide bonds. The number of sulfonamides is 1. The number of rotatable bonds is 12. The van der Waals surface area contributed by atoms with E-state index in [1.807, 2.05) is 12.1 Å².